The summed E-state index contributed by atoms with van der Waals surface area (Å²) >= 11 is 0. The van der Waals surface area contributed by atoms with Crippen molar-refractivity contribution in [1.82, 2.24) is 0 Å². The molecule has 0 amide bonds. The maximum absolute atomic E-state index is 4.41. The van der Waals surface area contributed by atoms with Crippen LogP contribution >= 0.6 is 0 Å². The molecular formula is C28H57. The van der Waals surface area contributed by atoms with Crippen molar-refractivity contribution in [1.29, 1.82) is 0 Å². The summed E-state index contributed by atoms with van der Waals surface area (Å²) in [5, 5.41) is 0. The van der Waals surface area contributed by atoms with Gasteiger partial charge in [0, 0.05) is 0 Å². The Morgan fingerprint density at radius 1 is 0.429 bits per heavy atom. The Bertz CT molecular complexity index is 269. The smallest absolute Gasteiger partial charge is 0.0414 e. The van der Waals surface area contributed by atoms with Crippen molar-refractivity contribution in [2.24, 2.45) is 11.8 Å². The molecule has 0 spiro atoms. The Balaban J connectivity index is 3.25. The van der Waals surface area contributed by atoms with Gasteiger partial charge in [-0.05, 0) is 11.8 Å². The van der Waals surface area contributed by atoms with Crippen LogP contribution in [-0.4, -0.2) is 0 Å². The third kappa shape index (κ3) is 22.3. The van der Waals surface area contributed by atoms with Crippen molar-refractivity contribution >= 4 is 0 Å². The molecule has 0 rings (SSSR count). The molecule has 0 aromatic rings. The molecule has 2 atom stereocenters. The molecule has 0 nitrogen and oxygen atoms in total. The fourth-order valence-electron chi connectivity index (χ4n) is 4.41. The lowest BCUT2D eigenvalue weighted by Crippen LogP contribution is -1.97. The lowest BCUT2D eigenvalue weighted by atomic mass is 9.93. The first kappa shape index (κ1) is 28.0. The molecule has 0 aliphatic heterocycles. The van der Waals surface area contributed by atoms with Gasteiger partial charge in [-0.15, -0.1) is 0 Å². The van der Waals surface area contributed by atoms with E-state index in [1.165, 1.54) is 141 Å². The summed E-state index contributed by atoms with van der Waals surface area (Å²) in [6, 6.07) is 0. The Morgan fingerprint density at radius 3 is 1.11 bits per heavy atom. The lowest BCUT2D eigenvalue weighted by molar-refractivity contribution is 0.420. The van der Waals surface area contributed by atoms with Gasteiger partial charge in [0.05, 0.1) is 0 Å². The Labute approximate surface area is 181 Å². The van der Waals surface area contributed by atoms with Gasteiger partial charge < -0.3 is 0 Å². The van der Waals surface area contributed by atoms with Crippen LogP contribution < -0.4 is 0 Å². The molecule has 1 radical (unpaired) electrons. The highest BCUT2D eigenvalue weighted by molar-refractivity contribution is 4.63. The second-order valence-corrected chi connectivity index (χ2v) is 9.78. The normalized spacial score (nSPS) is 13.7. The first-order valence-electron chi connectivity index (χ1n) is 13.5. The quantitative estimate of drug-likeness (QED) is 0.151. The lowest BCUT2D eigenvalue weighted by Gasteiger charge is -2.13. The molecule has 2 unspecified atom stereocenters. The minimum absolute atomic E-state index is 0.713. The topological polar surface area (TPSA) is 0 Å². The van der Waals surface area contributed by atoms with Crippen molar-refractivity contribution in [3.63, 3.8) is 0 Å². The van der Waals surface area contributed by atoms with Gasteiger partial charge in [-0.25, -0.2) is 0 Å². The van der Waals surface area contributed by atoms with Gasteiger partial charge in [0.25, 0.3) is 0 Å². The molecular weight excluding hydrogens is 336 g/mol. The molecule has 0 aromatic heterocycles. The van der Waals surface area contributed by atoms with Gasteiger partial charge >= 0.3 is 0 Å². The second kappa shape index (κ2) is 23.3. The molecule has 0 bridgehead atoms. The van der Waals surface area contributed by atoms with Crippen molar-refractivity contribution in [2.45, 2.75) is 162 Å². The zero-order valence-corrected chi connectivity index (χ0v) is 20.4. The summed E-state index contributed by atoms with van der Waals surface area (Å²) in [6.07, 6.45) is 31.5. The molecule has 0 saturated carbocycles. The molecule has 0 saturated heterocycles. The number of unbranched alkanes of at least 4 members (excludes halogenated alkanes) is 15. The van der Waals surface area contributed by atoms with Gasteiger partial charge in [-0.2, -0.15) is 0 Å². The third-order valence-corrected chi connectivity index (χ3v) is 6.58. The highest BCUT2D eigenvalue weighted by Crippen LogP contribution is 2.21. The number of hydrogen-bond donors (Lipinski definition) is 0. The van der Waals surface area contributed by atoms with Crippen LogP contribution in [0, 0.1) is 18.8 Å². The monoisotopic (exact) mass is 393 g/mol. The van der Waals surface area contributed by atoms with Gasteiger partial charge in [0.1, 0.15) is 0 Å². The Morgan fingerprint density at radius 2 is 0.714 bits per heavy atom. The summed E-state index contributed by atoms with van der Waals surface area (Å²) in [5.41, 5.74) is 0. The van der Waals surface area contributed by atoms with Crippen molar-refractivity contribution < 1.29 is 0 Å². The number of hydrogen-bond acceptors (Lipinski definition) is 0. The predicted octanol–water partition coefficient (Wildman–Crippen LogP) is 10.7. The van der Waals surface area contributed by atoms with E-state index in [0.717, 1.165) is 5.92 Å². The fraction of sp³-hybridized carbons (Fsp3) is 0.964. The van der Waals surface area contributed by atoms with Crippen LogP contribution in [0.3, 0.4) is 0 Å². The third-order valence-electron chi connectivity index (χ3n) is 6.58. The van der Waals surface area contributed by atoms with E-state index in [1.807, 2.05) is 0 Å². The van der Waals surface area contributed by atoms with E-state index in [1.54, 1.807) is 0 Å². The van der Waals surface area contributed by atoms with Crippen LogP contribution in [0.25, 0.3) is 0 Å². The highest BCUT2D eigenvalue weighted by Gasteiger charge is 2.04. The van der Waals surface area contributed by atoms with E-state index < -0.39 is 0 Å². The van der Waals surface area contributed by atoms with Crippen molar-refractivity contribution in [2.75, 3.05) is 0 Å². The van der Waals surface area contributed by atoms with Crippen LogP contribution in [0.2, 0.25) is 0 Å². The van der Waals surface area contributed by atoms with Crippen LogP contribution in [0.15, 0.2) is 0 Å². The molecule has 169 valence electrons. The molecule has 0 aliphatic carbocycles. The second-order valence-electron chi connectivity index (χ2n) is 9.78. The first-order valence-corrected chi connectivity index (χ1v) is 13.5. The standard InChI is InChI=1S/C28H57/c1-5-7-9-11-12-13-14-15-17-20-24-28(4)26-22-18-21-25-27(3)23-19-16-10-8-6-2/h27-28H,4-26H2,1-3H3. The Hall–Kier alpha value is 0. The van der Waals surface area contributed by atoms with E-state index in [-0.39, 0.29) is 0 Å². The predicted molar refractivity (Wildman–Crippen MR) is 131 cm³/mol. The molecule has 0 N–H and O–H groups in total. The molecule has 0 aromatic carbocycles. The zero-order valence-electron chi connectivity index (χ0n) is 20.4. The molecule has 0 aliphatic rings. The van der Waals surface area contributed by atoms with E-state index in [2.05, 4.69) is 27.7 Å². The van der Waals surface area contributed by atoms with E-state index in [0.29, 0.717) is 5.92 Å². The summed E-state index contributed by atoms with van der Waals surface area (Å²) < 4.78 is 0. The maximum atomic E-state index is 4.41. The average molecular weight is 394 g/mol. The average Bonchev–Trinajstić information content (AvgIpc) is 2.69. The SMILES string of the molecule is [CH2]C(CCCCCCCCCCCC)CCCCCC(C)CCCCCCC. The van der Waals surface area contributed by atoms with Crippen molar-refractivity contribution in [3.8, 4) is 0 Å². The highest BCUT2D eigenvalue weighted by atomic mass is 14.1. The van der Waals surface area contributed by atoms with E-state index in [9.17, 15) is 0 Å². The van der Waals surface area contributed by atoms with Gasteiger partial charge in [0.2, 0.25) is 0 Å². The Kier molecular flexibility index (Phi) is 23.3. The fourth-order valence-corrected chi connectivity index (χ4v) is 4.41. The summed E-state index contributed by atoms with van der Waals surface area (Å²) in [7, 11) is 0. The summed E-state index contributed by atoms with van der Waals surface area (Å²) in [5.74, 6) is 1.66. The van der Waals surface area contributed by atoms with Crippen LogP contribution in [0.5, 0.6) is 0 Å². The van der Waals surface area contributed by atoms with Crippen LogP contribution in [0.1, 0.15) is 162 Å². The van der Waals surface area contributed by atoms with Gasteiger partial charge in [-0.3, -0.25) is 0 Å². The zero-order chi connectivity index (χ0) is 20.7. The maximum Gasteiger partial charge on any atom is -0.0414 e. The number of rotatable bonds is 23. The van der Waals surface area contributed by atoms with Crippen molar-refractivity contribution in [3.05, 3.63) is 6.92 Å². The summed E-state index contributed by atoms with van der Waals surface area (Å²) in [4.78, 5) is 0. The van der Waals surface area contributed by atoms with Crippen LogP contribution in [-0.2, 0) is 0 Å². The van der Waals surface area contributed by atoms with E-state index >= 15 is 0 Å². The summed E-state index contributed by atoms with van der Waals surface area (Å²) in [6.45, 7) is 11.5. The largest absolute Gasteiger partial charge is 0.0654 e. The molecule has 0 fully saturated rings. The molecule has 0 heteroatoms. The van der Waals surface area contributed by atoms with E-state index in [4.69, 9.17) is 0 Å². The molecule has 0 heterocycles. The molecule has 28 heavy (non-hydrogen) atoms. The minimum Gasteiger partial charge on any atom is -0.0654 e. The minimum atomic E-state index is 0.713. The first-order chi connectivity index (χ1) is 13.7. The van der Waals surface area contributed by atoms with Crippen LogP contribution in [0.4, 0.5) is 0 Å². The van der Waals surface area contributed by atoms with Gasteiger partial charge in [-0.1, -0.05) is 169 Å². The van der Waals surface area contributed by atoms with Gasteiger partial charge in [0.15, 0.2) is 0 Å².